The Kier molecular flexibility index (Phi) is 6.47. The molecule has 1 amide bonds. The van der Waals surface area contributed by atoms with Crippen LogP contribution in [0.15, 0.2) is 60.7 Å². The van der Waals surface area contributed by atoms with Gasteiger partial charge in [-0.1, -0.05) is 18.2 Å². The number of aromatic hydroxyl groups is 1. The maximum atomic E-state index is 13.1. The van der Waals surface area contributed by atoms with E-state index in [0.717, 1.165) is 33.8 Å². The third kappa shape index (κ3) is 4.96. The summed E-state index contributed by atoms with van der Waals surface area (Å²) in [4.78, 5) is 12.8. The van der Waals surface area contributed by atoms with Crippen LogP contribution in [0.25, 0.3) is 10.9 Å². The fourth-order valence-electron chi connectivity index (χ4n) is 4.14. The number of carbonyl (C=O) groups excluding carboxylic acids is 1. The Bertz CT molecular complexity index is 1410. The standard InChI is InChI=1S/C27H25F3N2O3/c1-16-17(2)32(15-19-5-4-6-21(11-19)27(28,29)30)23-9-8-20(13-22(16)23)26(34)31-14-18-7-10-24(33)25(12-18)35-3/h4-13,33H,14-15H2,1-3H3,(H,31,34). The molecule has 4 aromatic rings. The number of methoxy groups -OCH3 is 1. The highest BCUT2D eigenvalue weighted by Gasteiger charge is 2.30. The number of halogens is 3. The van der Waals surface area contributed by atoms with Gasteiger partial charge in [0.1, 0.15) is 0 Å². The third-order valence-corrected chi connectivity index (χ3v) is 6.19. The molecule has 1 aromatic heterocycles. The molecule has 2 N–H and O–H groups in total. The number of alkyl halides is 3. The van der Waals surface area contributed by atoms with Crippen LogP contribution in [0.4, 0.5) is 13.2 Å². The Balaban J connectivity index is 1.57. The molecule has 0 saturated carbocycles. The van der Waals surface area contributed by atoms with Gasteiger partial charge in [0.15, 0.2) is 11.5 Å². The number of rotatable bonds is 6. The SMILES string of the molecule is COc1cc(CNC(=O)c2ccc3c(c2)c(C)c(C)n3Cc2cccc(C(F)(F)F)c2)ccc1O. The van der Waals surface area contributed by atoms with E-state index in [4.69, 9.17) is 4.74 Å². The zero-order valence-electron chi connectivity index (χ0n) is 19.5. The predicted octanol–water partition coefficient (Wildman–Crippen LogP) is 5.97. The van der Waals surface area contributed by atoms with Crippen LogP contribution >= 0.6 is 0 Å². The highest BCUT2D eigenvalue weighted by Crippen LogP contribution is 2.31. The quantitative estimate of drug-likeness (QED) is 0.356. The van der Waals surface area contributed by atoms with Gasteiger partial charge in [0, 0.05) is 35.2 Å². The Hall–Kier alpha value is -3.94. The number of amides is 1. The molecule has 0 aliphatic rings. The van der Waals surface area contributed by atoms with Gasteiger partial charge in [-0.15, -0.1) is 0 Å². The summed E-state index contributed by atoms with van der Waals surface area (Å²) < 4.78 is 46.4. The lowest BCUT2D eigenvalue weighted by molar-refractivity contribution is -0.137. The van der Waals surface area contributed by atoms with E-state index in [-0.39, 0.29) is 24.7 Å². The van der Waals surface area contributed by atoms with E-state index >= 15 is 0 Å². The van der Waals surface area contributed by atoms with E-state index in [1.165, 1.54) is 25.3 Å². The average molecular weight is 483 g/mol. The minimum Gasteiger partial charge on any atom is -0.504 e. The number of phenolic OH excluding ortho intramolecular Hbond substituents is 1. The smallest absolute Gasteiger partial charge is 0.416 e. The summed E-state index contributed by atoms with van der Waals surface area (Å²) in [6.07, 6.45) is -4.40. The summed E-state index contributed by atoms with van der Waals surface area (Å²) in [7, 11) is 1.45. The van der Waals surface area contributed by atoms with Crippen molar-refractivity contribution in [3.8, 4) is 11.5 Å². The normalized spacial score (nSPS) is 11.6. The molecule has 0 unspecified atom stereocenters. The first-order valence-electron chi connectivity index (χ1n) is 11.0. The molecule has 0 saturated heterocycles. The van der Waals surface area contributed by atoms with Crippen LogP contribution in [0.2, 0.25) is 0 Å². The van der Waals surface area contributed by atoms with Crippen molar-refractivity contribution in [1.29, 1.82) is 0 Å². The summed E-state index contributed by atoms with van der Waals surface area (Å²) in [6, 6.07) is 15.5. The molecule has 0 spiro atoms. The minimum atomic E-state index is -4.40. The number of nitrogens with zero attached hydrogens (tertiary/aromatic N) is 1. The van der Waals surface area contributed by atoms with Gasteiger partial charge in [-0.05, 0) is 73.0 Å². The fraction of sp³-hybridized carbons (Fsp3) is 0.222. The monoisotopic (exact) mass is 482 g/mol. The molecule has 0 fully saturated rings. The fourth-order valence-corrected chi connectivity index (χ4v) is 4.14. The number of aryl methyl sites for hydroxylation is 1. The van der Waals surface area contributed by atoms with E-state index in [1.54, 1.807) is 30.3 Å². The van der Waals surface area contributed by atoms with Crippen molar-refractivity contribution in [1.82, 2.24) is 9.88 Å². The van der Waals surface area contributed by atoms with Gasteiger partial charge >= 0.3 is 6.18 Å². The van der Waals surface area contributed by atoms with Gasteiger partial charge in [0.25, 0.3) is 5.91 Å². The second-order valence-corrected chi connectivity index (χ2v) is 8.42. The van der Waals surface area contributed by atoms with Crippen molar-refractivity contribution in [2.45, 2.75) is 33.1 Å². The molecule has 182 valence electrons. The molecular formula is C27H25F3N2O3. The molecule has 0 bridgehead atoms. The Morgan fingerprint density at radius 2 is 1.80 bits per heavy atom. The largest absolute Gasteiger partial charge is 0.504 e. The molecule has 8 heteroatoms. The molecule has 1 heterocycles. The third-order valence-electron chi connectivity index (χ3n) is 6.19. The van der Waals surface area contributed by atoms with E-state index in [2.05, 4.69) is 5.32 Å². The molecule has 4 rings (SSSR count). The molecule has 5 nitrogen and oxygen atoms in total. The van der Waals surface area contributed by atoms with Gasteiger partial charge in [-0.3, -0.25) is 4.79 Å². The molecule has 0 aliphatic carbocycles. The van der Waals surface area contributed by atoms with Gasteiger partial charge in [-0.2, -0.15) is 13.2 Å². The van der Waals surface area contributed by atoms with Gasteiger partial charge in [-0.25, -0.2) is 0 Å². The van der Waals surface area contributed by atoms with Gasteiger partial charge < -0.3 is 19.7 Å². The molecule has 0 atom stereocenters. The lowest BCUT2D eigenvalue weighted by Gasteiger charge is -2.12. The number of phenols is 1. The van der Waals surface area contributed by atoms with Crippen LogP contribution in [0.3, 0.4) is 0 Å². The van der Waals surface area contributed by atoms with Gasteiger partial charge in [0.05, 0.1) is 12.7 Å². The zero-order valence-corrected chi connectivity index (χ0v) is 19.5. The summed E-state index contributed by atoms with van der Waals surface area (Å²) >= 11 is 0. The number of hydrogen-bond donors (Lipinski definition) is 2. The lowest BCUT2D eigenvalue weighted by Crippen LogP contribution is -2.22. The van der Waals surface area contributed by atoms with Crippen molar-refractivity contribution in [2.24, 2.45) is 0 Å². The maximum absolute atomic E-state index is 13.1. The first-order valence-corrected chi connectivity index (χ1v) is 11.0. The molecular weight excluding hydrogens is 457 g/mol. The van der Waals surface area contributed by atoms with Crippen LogP contribution in [0.5, 0.6) is 11.5 Å². The van der Waals surface area contributed by atoms with Crippen LogP contribution in [0.1, 0.15) is 38.3 Å². The molecule has 0 aliphatic heterocycles. The number of aromatic nitrogens is 1. The molecule has 3 aromatic carbocycles. The Morgan fingerprint density at radius 1 is 1.03 bits per heavy atom. The average Bonchev–Trinajstić information content (AvgIpc) is 3.07. The van der Waals surface area contributed by atoms with Crippen molar-refractivity contribution >= 4 is 16.8 Å². The number of ether oxygens (including phenoxy) is 1. The first kappa shape index (κ1) is 24.2. The second-order valence-electron chi connectivity index (χ2n) is 8.42. The van der Waals surface area contributed by atoms with Crippen molar-refractivity contribution in [3.05, 3.63) is 94.2 Å². The molecule has 35 heavy (non-hydrogen) atoms. The number of benzene rings is 3. The maximum Gasteiger partial charge on any atom is 0.416 e. The van der Waals surface area contributed by atoms with Crippen LogP contribution in [-0.4, -0.2) is 22.7 Å². The van der Waals surface area contributed by atoms with E-state index in [1.807, 2.05) is 24.5 Å². The highest BCUT2D eigenvalue weighted by molar-refractivity contribution is 5.99. The first-order chi connectivity index (χ1) is 16.6. The van der Waals surface area contributed by atoms with E-state index in [0.29, 0.717) is 16.9 Å². The van der Waals surface area contributed by atoms with Crippen molar-refractivity contribution in [2.75, 3.05) is 7.11 Å². The van der Waals surface area contributed by atoms with Crippen LogP contribution < -0.4 is 10.1 Å². The van der Waals surface area contributed by atoms with Crippen molar-refractivity contribution in [3.63, 3.8) is 0 Å². The zero-order chi connectivity index (χ0) is 25.3. The summed E-state index contributed by atoms with van der Waals surface area (Å²) in [5.41, 5.74) is 3.85. The minimum absolute atomic E-state index is 0.0218. The predicted molar refractivity (Wildman–Crippen MR) is 128 cm³/mol. The van der Waals surface area contributed by atoms with Gasteiger partial charge in [0.2, 0.25) is 0 Å². The number of fused-ring (bicyclic) bond motifs is 1. The lowest BCUT2D eigenvalue weighted by atomic mass is 10.1. The Morgan fingerprint density at radius 3 is 2.51 bits per heavy atom. The van der Waals surface area contributed by atoms with Crippen molar-refractivity contribution < 1.29 is 27.8 Å². The number of carbonyl (C=O) groups is 1. The highest BCUT2D eigenvalue weighted by atomic mass is 19.4. The second kappa shape index (κ2) is 9.37. The summed E-state index contributed by atoms with van der Waals surface area (Å²) in [5, 5.41) is 13.5. The van der Waals surface area contributed by atoms with E-state index in [9.17, 15) is 23.1 Å². The molecule has 0 radical (unpaired) electrons. The van der Waals surface area contributed by atoms with E-state index < -0.39 is 11.7 Å². The number of nitrogens with one attached hydrogen (secondary N) is 1. The summed E-state index contributed by atoms with van der Waals surface area (Å²) in [5.74, 6) is 0.0847. The topological polar surface area (TPSA) is 63.5 Å². The number of hydrogen-bond acceptors (Lipinski definition) is 3. The van der Waals surface area contributed by atoms with Crippen LogP contribution in [0, 0.1) is 13.8 Å². The Labute approximate surface area is 200 Å². The van der Waals surface area contributed by atoms with Crippen LogP contribution in [-0.2, 0) is 19.3 Å². The summed E-state index contributed by atoms with van der Waals surface area (Å²) in [6.45, 7) is 4.39.